The van der Waals surface area contributed by atoms with E-state index in [0.717, 1.165) is 62.7 Å². The molecule has 0 fully saturated rings. The summed E-state index contributed by atoms with van der Waals surface area (Å²) in [4.78, 5) is 25.7. The van der Waals surface area contributed by atoms with E-state index in [2.05, 4.69) is 43.1 Å². The minimum Gasteiger partial charge on any atom is -0.479 e. The minimum absolute atomic E-state index is 0.128. The molecule has 1 aliphatic heterocycles. The van der Waals surface area contributed by atoms with Crippen molar-refractivity contribution >= 4 is 43.4 Å². The highest BCUT2D eigenvalue weighted by molar-refractivity contribution is 9.11. The number of hydrogen-bond acceptors (Lipinski definition) is 4. The Morgan fingerprint density at radius 1 is 1.00 bits per heavy atom. The van der Waals surface area contributed by atoms with Crippen LogP contribution in [0.25, 0.3) is 0 Å². The normalized spacial score (nSPS) is 19.8. The largest absolute Gasteiger partial charge is 0.479 e. The molecule has 0 amide bonds. The lowest BCUT2D eigenvalue weighted by atomic mass is 9.71. The van der Waals surface area contributed by atoms with Gasteiger partial charge in [-0.05, 0) is 75.2 Å². The maximum atomic E-state index is 12.9. The third kappa shape index (κ3) is 3.35. The predicted octanol–water partition coefficient (Wildman–Crippen LogP) is 4.92. The second-order valence-corrected chi connectivity index (χ2v) is 8.91. The number of carbonyl (C=O) groups is 2. The van der Waals surface area contributed by atoms with Gasteiger partial charge in [-0.15, -0.1) is 6.42 Å². The van der Waals surface area contributed by atoms with Gasteiger partial charge in [0.25, 0.3) is 0 Å². The first kappa shape index (κ1) is 19.5. The summed E-state index contributed by atoms with van der Waals surface area (Å²) in [6.07, 6.45) is 9.73. The van der Waals surface area contributed by atoms with Crippen molar-refractivity contribution in [3.05, 3.63) is 49.2 Å². The van der Waals surface area contributed by atoms with Crippen LogP contribution in [0.1, 0.15) is 50.0 Å². The third-order valence-corrected chi connectivity index (χ3v) is 6.62. The van der Waals surface area contributed by atoms with Crippen molar-refractivity contribution in [2.45, 2.75) is 44.4 Å². The molecule has 1 N–H and O–H groups in total. The van der Waals surface area contributed by atoms with Crippen LogP contribution in [-0.4, -0.2) is 18.2 Å². The van der Waals surface area contributed by atoms with Gasteiger partial charge in [-0.1, -0.05) is 5.92 Å². The summed E-state index contributed by atoms with van der Waals surface area (Å²) in [5.41, 5.74) is 4.36. The molecule has 4 nitrogen and oxygen atoms in total. The van der Waals surface area contributed by atoms with E-state index in [1.54, 1.807) is 0 Å². The summed E-state index contributed by atoms with van der Waals surface area (Å²) in [5, 5.41) is 3.43. The molecule has 4 rings (SSSR count). The van der Waals surface area contributed by atoms with Crippen LogP contribution >= 0.6 is 31.9 Å². The molecule has 0 saturated heterocycles. The fourth-order valence-corrected chi connectivity index (χ4v) is 5.77. The van der Waals surface area contributed by atoms with Crippen molar-refractivity contribution in [1.82, 2.24) is 5.32 Å². The number of Topliss-reactive ketones (excluding diaryl/α,β-unsaturated/α-hetero) is 2. The van der Waals surface area contributed by atoms with Gasteiger partial charge in [0.15, 0.2) is 11.6 Å². The number of ether oxygens (including phenoxy) is 1. The Balaban J connectivity index is 1.87. The van der Waals surface area contributed by atoms with E-state index in [1.807, 2.05) is 12.1 Å². The first-order valence-corrected chi connectivity index (χ1v) is 10.9. The first-order valence-electron chi connectivity index (χ1n) is 9.36. The van der Waals surface area contributed by atoms with E-state index >= 15 is 0 Å². The molecular weight excluding hydrogens is 486 g/mol. The molecule has 0 bridgehead atoms. The van der Waals surface area contributed by atoms with Gasteiger partial charge in [0.2, 0.25) is 0 Å². The van der Waals surface area contributed by atoms with Crippen LogP contribution < -0.4 is 10.1 Å². The molecule has 28 heavy (non-hydrogen) atoms. The first-order chi connectivity index (χ1) is 13.5. The van der Waals surface area contributed by atoms with Gasteiger partial charge >= 0.3 is 0 Å². The standard InChI is InChI=1S/C22H19Br2NO3/c1-2-9-28-22-13(23)10-12(11-14(22)24)19-20-15(5-3-7-17(20)26)25-16-6-4-8-18(27)21(16)19/h1,10-11,19,25H,3-9H2. The van der Waals surface area contributed by atoms with Crippen molar-refractivity contribution in [1.29, 1.82) is 0 Å². The smallest absolute Gasteiger partial charge is 0.161 e. The van der Waals surface area contributed by atoms with Gasteiger partial charge in [-0.2, -0.15) is 0 Å². The molecular formula is C22H19Br2NO3. The number of benzene rings is 1. The predicted molar refractivity (Wildman–Crippen MR) is 114 cm³/mol. The Morgan fingerprint density at radius 2 is 1.54 bits per heavy atom. The lowest BCUT2D eigenvalue weighted by Crippen LogP contribution is -2.36. The van der Waals surface area contributed by atoms with E-state index in [-0.39, 0.29) is 24.1 Å². The zero-order valence-electron chi connectivity index (χ0n) is 15.2. The molecule has 0 radical (unpaired) electrons. The number of rotatable bonds is 3. The van der Waals surface area contributed by atoms with E-state index in [4.69, 9.17) is 11.2 Å². The number of terminal acetylenes is 1. The van der Waals surface area contributed by atoms with Crippen LogP contribution in [0.15, 0.2) is 43.6 Å². The Hall–Kier alpha value is -1.84. The molecule has 0 saturated carbocycles. The molecule has 0 unspecified atom stereocenters. The topological polar surface area (TPSA) is 55.4 Å². The fourth-order valence-electron chi connectivity index (χ4n) is 4.31. The molecule has 6 heteroatoms. The van der Waals surface area contributed by atoms with Crippen molar-refractivity contribution < 1.29 is 14.3 Å². The van der Waals surface area contributed by atoms with Crippen molar-refractivity contribution in [2.75, 3.05) is 6.61 Å². The highest BCUT2D eigenvalue weighted by Crippen LogP contribution is 2.47. The highest BCUT2D eigenvalue weighted by Gasteiger charge is 2.40. The highest BCUT2D eigenvalue weighted by atomic mass is 79.9. The fraction of sp³-hybridized carbons (Fsp3) is 0.364. The second-order valence-electron chi connectivity index (χ2n) is 7.20. The summed E-state index contributed by atoms with van der Waals surface area (Å²) in [6.45, 7) is 0.158. The van der Waals surface area contributed by atoms with Crippen LogP contribution in [0.5, 0.6) is 5.75 Å². The van der Waals surface area contributed by atoms with E-state index in [0.29, 0.717) is 18.6 Å². The van der Waals surface area contributed by atoms with Crippen LogP contribution in [0.4, 0.5) is 0 Å². The quantitative estimate of drug-likeness (QED) is 0.593. The lowest BCUT2D eigenvalue weighted by molar-refractivity contribution is -0.116. The number of nitrogens with one attached hydrogen (secondary N) is 1. The third-order valence-electron chi connectivity index (χ3n) is 5.45. The van der Waals surface area contributed by atoms with Crippen LogP contribution in [0.2, 0.25) is 0 Å². The summed E-state index contributed by atoms with van der Waals surface area (Å²) < 4.78 is 7.09. The molecule has 1 heterocycles. The van der Waals surface area contributed by atoms with Gasteiger partial charge in [0.05, 0.1) is 8.95 Å². The van der Waals surface area contributed by atoms with E-state index < -0.39 is 0 Å². The van der Waals surface area contributed by atoms with Crippen LogP contribution in [0, 0.1) is 12.3 Å². The zero-order chi connectivity index (χ0) is 19.8. The van der Waals surface area contributed by atoms with Crippen LogP contribution in [-0.2, 0) is 9.59 Å². The van der Waals surface area contributed by atoms with E-state index in [1.165, 1.54) is 0 Å². The molecule has 0 aromatic heterocycles. The number of carbonyl (C=O) groups excluding carboxylic acids is 2. The second kappa shape index (κ2) is 7.88. The number of dihydropyridines is 1. The van der Waals surface area contributed by atoms with Crippen molar-refractivity contribution in [3.8, 4) is 18.1 Å². The summed E-state index contributed by atoms with van der Waals surface area (Å²) in [5.74, 6) is 3.00. The summed E-state index contributed by atoms with van der Waals surface area (Å²) in [7, 11) is 0. The van der Waals surface area contributed by atoms with Gasteiger partial charge in [0, 0.05) is 41.3 Å². The maximum absolute atomic E-state index is 12.9. The average molecular weight is 505 g/mol. The Morgan fingerprint density at radius 3 is 2.04 bits per heavy atom. The summed E-state index contributed by atoms with van der Waals surface area (Å²) >= 11 is 7.12. The average Bonchev–Trinajstić information content (AvgIpc) is 2.66. The Kier molecular flexibility index (Phi) is 5.48. The number of hydrogen-bond donors (Lipinski definition) is 1. The number of ketones is 2. The minimum atomic E-state index is -0.332. The monoisotopic (exact) mass is 503 g/mol. The zero-order valence-corrected chi connectivity index (χ0v) is 18.4. The molecule has 1 aromatic rings. The van der Waals surface area contributed by atoms with Crippen molar-refractivity contribution in [3.63, 3.8) is 0 Å². The molecule has 0 atom stereocenters. The number of allylic oxidation sites excluding steroid dienone is 4. The van der Waals surface area contributed by atoms with Crippen LogP contribution in [0.3, 0.4) is 0 Å². The molecule has 1 aromatic carbocycles. The lowest BCUT2D eigenvalue weighted by Gasteiger charge is -2.37. The molecule has 0 spiro atoms. The van der Waals surface area contributed by atoms with E-state index in [9.17, 15) is 9.59 Å². The molecule has 2 aliphatic carbocycles. The Bertz CT molecular complexity index is 919. The molecule has 3 aliphatic rings. The van der Waals surface area contributed by atoms with Gasteiger partial charge < -0.3 is 10.1 Å². The Labute approximate surface area is 181 Å². The maximum Gasteiger partial charge on any atom is 0.161 e. The number of halogens is 2. The summed E-state index contributed by atoms with van der Waals surface area (Å²) in [6, 6.07) is 3.87. The SMILES string of the molecule is C#CCOc1c(Br)cc(C2C3=C(CCCC3=O)NC3=C2C(=O)CCC3)cc1Br. The van der Waals surface area contributed by atoms with Gasteiger partial charge in [-0.25, -0.2) is 0 Å². The molecule has 144 valence electrons. The van der Waals surface area contributed by atoms with Gasteiger partial charge in [0.1, 0.15) is 12.4 Å². The van der Waals surface area contributed by atoms with Crippen molar-refractivity contribution in [2.24, 2.45) is 0 Å². The van der Waals surface area contributed by atoms with Gasteiger partial charge in [-0.3, -0.25) is 9.59 Å².